The average molecular weight is 478 g/mol. The second-order valence-corrected chi connectivity index (χ2v) is 8.36. The van der Waals surface area contributed by atoms with Gasteiger partial charge in [0.05, 0.1) is 23.4 Å². The zero-order valence-corrected chi connectivity index (χ0v) is 19.8. The molecule has 0 saturated heterocycles. The van der Waals surface area contributed by atoms with Gasteiger partial charge in [-0.05, 0) is 43.2 Å². The molecular weight excluding hydrogens is 453 g/mol. The molecule has 0 radical (unpaired) electrons. The maximum absolute atomic E-state index is 13.7. The van der Waals surface area contributed by atoms with Crippen LogP contribution in [-0.2, 0) is 6.61 Å². The molecule has 2 aromatic carbocycles. The minimum absolute atomic E-state index is 0.0729. The average Bonchev–Trinajstić information content (AvgIpc) is 3.20. The quantitative estimate of drug-likeness (QED) is 0.249. The van der Waals surface area contributed by atoms with Crippen LogP contribution in [0.4, 0.5) is 4.39 Å². The predicted octanol–water partition coefficient (Wildman–Crippen LogP) is 5.99. The van der Waals surface area contributed by atoms with Crippen LogP contribution in [0.2, 0.25) is 5.02 Å². The van der Waals surface area contributed by atoms with Crippen molar-refractivity contribution in [3.8, 4) is 11.5 Å². The summed E-state index contributed by atoms with van der Waals surface area (Å²) in [6.07, 6.45) is 1.74. The van der Waals surface area contributed by atoms with Gasteiger partial charge in [0.2, 0.25) is 0 Å². The largest absolute Gasteiger partial charge is 0.496 e. The van der Waals surface area contributed by atoms with E-state index in [4.69, 9.17) is 21.1 Å². The highest BCUT2D eigenvalue weighted by atomic mass is 35.5. The molecule has 32 heavy (non-hydrogen) atoms. The second-order valence-electron chi connectivity index (χ2n) is 7.01. The summed E-state index contributed by atoms with van der Waals surface area (Å²) in [6.45, 7) is 4.37. The van der Waals surface area contributed by atoms with Crippen LogP contribution in [0, 0.1) is 5.82 Å². The van der Waals surface area contributed by atoms with Gasteiger partial charge < -0.3 is 14.0 Å². The monoisotopic (exact) mass is 477 g/mol. The van der Waals surface area contributed by atoms with E-state index in [2.05, 4.69) is 24.0 Å². The van der Waals surface area contributed by atoms with E-state index in [1.165, 1.54) is 37.1 Å². The second kappa shape index (κ2) is 11.3. The number of carbonyl (C=O) groups is 1. The standard InChI is InChI=1S/C23H25ClFN3O3S/c1-4-16(5-2)28-22(13-31-21-9-7-6-8-18(21)24)26-27-23(28)32-14-19(29)17-12-15(25)10-11-20(17)30-3/h6-12,16H,4-5,13-14H2,1-3H3. The summed E-state index contributed by atoms with van der Waals surface area (Å²) in [5, 5.41) is 9.73. The topological polar surface area (TPSA) is 66.2 Å². The Morgan fingerprint density at radius 1 is 1.16 bits per heavy atom. The van der Waals surface area contributed by atoms with E-state index in [1.54, 1.807) is 12.1 Å². The number of rotatable bonds is 11. The predicted molar refractivity (Wildman–Crippen MR) is 123 cm³/mol. The Kier molecular flexibility index (Phi) is 8.53. The third kappa shape index (κ3) is 5.61. The molecule has 0 bridgehead atoms. The lowest BCUT2D eigenvalue weighted by Gasteiger charge is -2.19. The van der Waals surface area contributed by atoms with E-state index in [-0.39, 0.29) is 29.7 Å². The van der Waals surface area contributed by atoms with Gasteiger partial charge in [-0.2, -0.15) is 0 Å². The fraction of sp³-hybridized carbons (Fsp3) is 0.348. The number of carbonyl (C=O) groups excluding carboxylic acids is 1. The van der Waals surface area contributed by atoms with Crippen molar-refractivity contribution in [3.05, 3.63) is 64.7 Å². The third-order valence-corrected chi connectivity index (χ3v) is 6.29. The lowest BCUT2D eigenvalue weighted by molar-refractivity contribution is 0.101. The number of methoxy groups -OCH3 is 1. The number of hydrogen-bond acceptors (Lipinski definition) is 6. The Hall–Kier alpha value is -2.58. The Bertz CT molecular complexity index is 1070. The minimum Gasteiger partial charge on any atom is -0.496 e. The van der Waals surface area contributed by atoms with Gasteiger partial charge in [0.15, 0.2) is 16.8 Å². The molecular formula is C23H25ClFN3O3S. The molecule has 0 amide bonds. The van der Waals surface area contributed by atoms with Gasteiger partial charge in [0, 0.05) is 6.04 Å². The van der Waals surface area contributed by atoms with Gasteiger partial charge >= 0.3 is 0 Å². The number of thioether (sulfide) groups is 1. The molecule has 0 aliphatic rings. The van der Waals surface area contributed by atoms with Gasteiger partial charge in [-0.15, -0.1) is 10.2 Å². The van der Waals surface area contributed by atoms with Gasteiger partial charge in [0.1, 0.15) is 23.9 Å². The van der Waals surface area contributed by atoms with Crippen LogP contribution in [-0.4, -0.2) is 33.4 Å². The molecule has 0 atom stereocenters. The molecule has 0 unspecified atom stereocenters. The molecule has 1 heterocycles. The first-order chi connectivity index (χ1) is 15.5. The molecule has 170 valence electrons. The number of aromatic nitrogens is 3. The van der Waals surface area contributed by atoms with Crippen molar-refractivity contribution in [2.75, 3.05) is 12.9 Å². The molecule has 0 saturated carbocycles. The van der Waals surface area contributed by atoms with Crippen LogP contribution >= 0.6 is 23.4 Å². The summed E-state index contributed by atoms with van der Waals surface area (Å²) < 4.78 is 26.7. The highest BCUT2D eigenvalue weighted by Gasteiger charge is 2.21. The van der Waals surface area contributed by atoms with E-state index >= 15 is 0 Å². The van der Waals surface area contributed by atoms with Crippen LogP contribution in [0.15, 0.2) is 47.6 Å². The lowest BCUT2D eigenvalue weighted by Crippen LogP contribution is -2.15. The number of Topliss-reactive ketones (excluding diaryl/α,β-unsaturated/α-hetero) is 1. The van der Waals surface area contributed by atoms with Gasteiger partial charge in [-0.3, -0.25) is 4.79 Å². The fourth-order valence-corrected chi connectivity index (χ4v) is 4.43. The third-order valence-electron chi connectivity index (χ3n) is 5.03. The van der Waals surface area contributed by atoms with Crippen LogP contribution in [0.1, 0.15) is 48.9 Å². The van der Waals surface area contributed by atoms with Crippen LogP contribution in [0.3, 0.4) is 0 Å². The molecule has 0 fully saturated rings. The van der Waals surface area contributed by atoms with E-state index in [0.29, 0.717) is 27.5 Å². The Balaban J connectivity index is 1.79. The minimum atomic E-state index is -0.488. The number of hydrogen-bond donors (Lipinski definition) is 0. The van der Waals surface area contributed by atoms with Crippen molar-refractivity contribution in [2.24, 2.45) is 0 Å². The summed E-state index contributed by atoms with van der Waals surface area (Å²) in [4.78, 5) is 12.8. The van der Waals surface area contributed by atoms with Crippen LogP contribution < -0.4 is 9.47 Å². The lowest BCUT2D eigenvalue weighted by atomic mass is 10.1. The van der Waals surface area contributed by atoms with Gasteiger partial charge in [-0.1, -0.05) is 49.3 Å². The summed E-state index contributed by atoms with van der Waals surface area (Å²) in [5.41, 5.74) is 0.205. The first-order valence-corrected chi connectivity index (χ1v) is 11.6. The van der Waals surface area contributed by atoms with Crippen molar-refractivity contribution in [1.29, 1.82) is 0 Å². The molecule has 3 aromatic rings. The van der Waals surface area contributed by atoms with Gasteiger partial charge in [-0.25, -0.2) is 4.39 Å². The number of ether oxygens (including phenoxy) is 2. The highest BCUT2D eigenvalue weighted by Crippen LogP contribution is 2.29. The zero-order chi connectivity index (χ0) is 23.1. The van der Waals surface area contributed by atoms with Crippen molar-refractivity contribution in [3.63, 3.8) is 0 Å². The van der Waals surface area contributed by atoms with Gasteiger partial charge in [0.25, 0.3) is 0 Å². The number of ketones is 1. The molecule has 1 aromatic heterocycles. The van der Waals surface area contributed by atoms with E-state index in [9.17, 15) is 9.18 Å². The van der Waals surface area contributed by atoms with Crippen molar-refractivity contribution < 1.29 is 18.7 Å². The summed E-state index contributed by atoms with van der Waals surface area (Å²) >= 11 is 7.44. The summed E-state index contributed by atoms with van der Waals surface area (Å²) in [5.74, 6) is 0.890. The Morgan fingerprint density at radius 3 is 2.59 bits per heavy atom. The molecule has 9 heteroatoms. The number of benzene rings is 2. The van der Waals surface area contributed by atoms with Crippen molar-refractivity contribution in [1.82, 2.24) is 14.8 Å². The Morgan fingerprint density at radius 2 is 1.91 bits per heavy atom. The first-order valence-electron chi connectivity index (χ1n) is 10.3. The SMILES string of the molecule is CCC(CC)n1c(COc2ccccc2Cl)nnc1SCC(=O)c1cc(F)ccc1OC. The van der Waals surface area contributed by atoms with E-state index in [0.717, 1.165) is 12.8 Å². The number of para-hydroxylation sites is 1. The maximum Gasteiger partial charge on any atom is 0.192 e. The number of nitrogens with zero attached hydrogens (tertiary/aromatic N) is 3. The summed E-state index contributed by atoms with van der Waals surface area (Å²) in [7, 11) is 1.45. The summed E-state index contributed by atoms with van der Waals surface area (Å²) in [6, 6.07) is 11.3. The molecule has 0 aliphatic carbocycles. The number of halogens is 2. The fourth-order valence-electron chi connectivity index (χ4n) is 3.33. The molecule has 6 nitrogen and oxygen atoms in total. The normalized spacial score (nSPS) is 11.1. The smallest absolute Gasteiger partial charge is 0.192 e. The molecule has 3 rings (SSSR count). The van der Waals surface area contributed by atoms with Crippen LogP contribution in [0.25, 0.3) is 0 Å². The van der Waals surface area contributed by atoms with Crippen LogP contribution in [0.5, 0.6) is 11.5 Å². The first kappa shape index (κ1) is 24.1. The van der Waals surface area contributed by atoms with E-state index in [1.807, 2.05) is 16.7 Å². The maximum atomic E-state index is 13.7. The molecule has 0 spiro atoms. The highest BCUT2D eigenvalue weighted by molar-refractivity contribution is 7.99. The molecule has 0 aliphatic heterocycles. The van der Waals surface area contributed by atoms with Crippen molar-refractivity contribution in [2.45, 2.75) is 44.5 Å². The zero-order valence-electron chi connectivity index (χ0n) is 18.2. The van der Waals surface area contributed by atoms with E-state index < -0.39 is 5.82 Å². The van der Waals surface area contributed by atoms with Crippen molar-refractivity contribution >= 4 is 29.1 Å². The Labute approximate surface area is 196 Å². The molecule has 0 N–H and O–H groups in total.